The molecule has 0 unspecified atom stereocenters. The number of benzene rings is 1. The van der Waals surface area contributed by atoms with E-state index in [2.05, 4.69) is 0 Å². The predicted molar refractivity (Wildman–Crippen MR) is 94.7 cm³/mol. The predicted octanol–water partition coefficient (Wildman–Crippen LogP) is 2.44. The zero-order valence-corrected chi connectivity index (χ0v) is 15.7. The normalized spacial score (nSPS) is 15.1. The second-order valence-corrected chi connectivity index (χ2v) is 7.27. The van der Waals surface area contributed by atoms with Crippen molar-refractivity contribution in [1.29, 1.82) is 0 Å². The molecule has 0 saturated carbocycles. The fourth-order valence-corrected chi connectivity index (χ4v) is 2.36. The van der Waals surface area contributed by atoms with Gasteiger partial charge in [-0.15, -0.1) is 0 Å². The molecule has 6 heteroatoms. The van der Waals surface area contributed by atoms with Crippen molar-refractivity contribution in [2.24, 2.45) is 11.7 Å². The molecule has 1 aromatic rings. The van der Waals surface area contributed by atoms with E-state index in [1.165, 1.54) is 7.11 Å². The molecule has 6 nitrogen and oxygen atoms in total. The van der Waals surface area contributed by atoms with Gasteiger partial charge in [-0.3, -0.25) is 0 Å². The molecular formula is C19H29NO5. The van der Waals surface area contributed by atoms with E-state index in [9.17, 15) is 9.59 Å². The fraction of sp³-hybridized carbons (Fsp3) is 0.579. The number of hydrogen-bond acceptors (Lipinski definition) is 6. The van der Waals surface area contributed by atoms with Crippen LogP contribution in [-0.2, 0) is 30.4 Å². The summed E-state index contributed by atoms with van der Waals surface area (Å²) in [6, 6.07) is 9.74. The standard InChI is InChI=1S/C19H29NO5/c1-14(12-24-13-15-9-7-6-8-10-15)11-19(20,16(21)23-5)17(22)25-18(2,3)4/h6-10,14H,11-13,20H2,1-5H3/t14-,19+/m1/s1. The van der Waals surface area contributed by atoms with Crippen molar-refractivity contribution in [3.05, 3.63) is 35.9 Å². The molecule has 0 spiro atoms. The number of hydrogen-bond donors (Lipinski definition) is 1. The van der Waals surface area contributed by atoms with Crippen LogP contribution in [0.2, 0.25) is 0 Å². The Morgan fingerprint density at radius 3 is 2.24 bits per heavy atom. The summed E-state index contributed by atoms with van der Waals surface area (Å²) in [4.78, 5) is 24.5. The highest BCUT2D eigenvalue weighted by molar-refractivity contribution is 6.04. The van der Waals surface area contributed by atoms with Gasteiger partial charge in [0.05, 0.1) is 13.7 Å². The lowest BCUT2D eigenvalue weighted by Gasteiger charge is -2.30. The highest BCUT2D eigenvalue weighted by Crippen LogP contribution is 2.22. The molecule has 1 aromatic carbocycles. The third-order valence-corrected chi connectivity index (χ3v) is 3.50. The van der Waals surface area contributed by atoms with E-state index in [1.54, 1.807) is 20.8 Å². The van der Waals surface area contributed by atoms with Crippen LogP contribution in [0.1, 0.15) is 39.7 Å². The smallest absolute Gasteiger partial charge is 0.338 e. The number of carbonyl (C=O) groups is 2. The Bertz CT molecular complexity index is 567. The topological polar surface area (TPSA) is 87.9 Å². The third-order valence-electron chi connectivity index (χ3n) is 3.50. The molecule has 0 aliphatic carbocycles. The first-order valence-corrected chi connectivity index (χ1v) is 8.31. The van der Waals surface area contributed by atoms with Crippen molar-refractivity contribution in [2.75, 3.05) is 13.7 Å². The van der Waals surface area contributed by atoms with Gasteiger partial charge >= 0.3 is 11.9 Å². The summed E-state index contributed by atoms with van der Waals surface area (Å²) in [5, 5.41) is 0. The molecule has 2 N–H and O–H groups in total. The van der Waals surface area contributed by atoms with E-state index in [0.29, 0.717) is 13.2 Å². The maximum absolute atomic E-state index is 12.4. The fourth-order valence-electron chi connectivity index (χ4n) is 2.36. The minimum atomic E-state index is -1.85. The summed E-state index contributed by atoms with van der Waals surface area (Å²) in [6.07, 6.45) is 0.0728. The second kappa shape index (κ2) is 8.97. The molecule has 0 aromatic heterocycles. The number of carbonyl (C=O) groups excluding carboxylic acids is 2. The summed E-state index contributed by atoms with van der Waals surface area (Å²) in [6.45, 7) is 7.82. The molecule has 0 radical (unpaired) electrons. The summed E-state index contributed by atoms with van der Waals surface area (Å²) >= 11 is 0. The summed E-state index contributed by atoms with van der Waals surface area (Å²) in [5.41, 5.74) is 4.53. The van der Waals surface area contributed by atoms with Gasteiger partial charge in [-0.25, -0.2) is 9.59 Å². The SMILES string of the molecule is COC(=O)[C@@](N)(C[C@@H](C)COCc1ccccc1)C(=O)OC(C)(C)C. The highest BCUT2D eigenvalue weighted by Gasteiger charge is 2.47. The molecule has 0 fully saturated rings. The Hall–Kier alpha value is -1.92. The van der Waals surface area contributed by atoms with Crippen LogP contribution in [0.3, 0.4) is 0 Å². The van der Waals surface area contributed by atoms with Crippen molar-refractivity contribution in [1.82, 2.24) is 0 Å². The minimum absolute atomic E-state index is 0.0728. The van der Waals surface area contributed by atoms with E-state index in [0.717, 1.165) is 5.56 Å². The maximum Gasteiger partial charge on any atom is 0.338 e. The van der Waals surface area contributed by atoms with Crippen molar-refractivity contribution < 1.29 is 23.8 Å². The molecule has 0 heterocycles. The molecule has 2 atom stereocenters. The first-order chi connectivity index (χ1) is 11.6. The van der Waals surface area contributed by atoms with E-state index in [-0.39, 0.29) is 12.3 Å². The Morgan fingerprint density at radius 1 is 1.12 bits per heavy atom. The summed E-state index contributed by atoms with van der Waals surface area (Å²) < 4.78 is 15.7. The summed E-state index contributed by atoms with van der Waals surface area (Å²) in [5.74, 6) is -1.74. The van der Waals surface area contributed by atoms with E-state index in [1.807, 2.05) is 37.3 Å². The largest absolute Gasteiger partial charge is 0.467 e. The van der Waals surface area contributed by atoms with Crippen LogP contribution < -0.4 is 5.73 Å². The lowest BCUT2D eigenvalue weighted by molar-refractivity contribution is -0.171. The highest BCUT2D eigenvalue weighted by atomic mass is 16.6. The lowest BCUT2D eigenvalue weighted by Crippen LogP contribution is -2.58. The minimum Gasteiger partial charge on any atom is -0.467 e. The average Bonchev–Trinajstić information content (AvgIpc) is 2.53. The molecular weight excluding hydrogens is 322 g/mol. The molecule has 0 aliphatic heterocycles. The Kier molecular flexibility index (Phi) is 7.58. The van der Waals surface area contributed by atoms with Gasteiger partial charge in [0.1, 0.15) is 5.60 Å². The van der Waals surface area contributed by atoms with Gasteiger partial charge in [0.2, 0.25) is 5.54 Å². The van der Waals surface area contributed by atoms with E-state index < -0.39 is 23.1 Å². The zero-order valence-electron chi connectivity index (χ0n) is 15.7. The van der Waals surface area contributed by atoms with Crippen LogP contribution in [0, 0.1) is 5.92 Å². The third kappa shape index (κ3) is 6.84. The van der Waals surface area contributed by atoms with Gasteiger partial charge < -0.3 is 19.9 Å². The maximum atomic E-state index is 12.4. The average molecular weight is 351 g/mol. The monoisotopic (exact) mass is 351 g/mol. The molecule has 0 saturated heterocycles. The number of nitrogens with two attached hydrogens (primary N) is 1. The van der Waals surface area contributed by atoms with Gasteiger partial charge in [0.15, 0.2) is 0 Å². The van der Waals surface area contributed by atoms with Gasteiger partial charge in [-0.05, 0) is 38.7 Å². The van der Waals surface area contributed by atoms with Gasteiger partial charge in [-0.1, -0.05) is 37.3 Å². The first kappa shape index (κ1) is 21.1. The molecule has 140 valence electrons. The van der Waals surface area contributed by atoms with Crippen LogP contribution in [0.25, 0.3) is 0 Å². The molecule has 1 rings (SSSR count). The molecule has 25 heavy (non-hydrogen) atoms. The molecule has 0 aliphatic rings. The first-order valence-electron chi connectivity index (χ1n) is 8.31. The Morgan fingerprint density at radius 2 is 1.72 bits per heavy atom. The van der Waals surface area contributed by atoms with E-state index >= 15 is 0 Å². The molecule has 0 bridgehead atoms. The lowest BCUT2D eigenvalue weighted by atomic mass is 9.89. The Balaban J connectivity index is 2.67. The van der Waals surface area contributed by atoms with Crippen LogP contribution in [0.4, 0.5) is 0 Å². The van der Waals surface area contributed by atoms with Crippen molar-refractivity contribution in [2.45, 2.75) is 51.9 Å². The van der Waals surface area contributed by atoms with Gasteiger partial charge in [-0.2, -0.15) is 0 Å². The van der Waals surface area contributed by atoms with Crippen molar-refractivity contribution in [3.63, 3.8) is 0 Å². The molecule has 0 amide bonds. The van der Waals surface area contributed by atoms with Gasteiger partial charge in [0, 0.05) is 6.61 Å². The van der Waals surface area contributed by atoms with Crippen molar-refractivity contribution >= 4 is 11.9 Å². The zero-order chi connectivity index (χ0) is 19.1. The second-order valence-electron chi connectivity index (χ2n) is 7.27. The van der Waals surface area contributed by atoms with Crippen LogP contribution in [-0.4, -0.2) is 36.8 Å². The number of ether oxygens (including phenoxy) is 3. The number of methoxy groups -OCH3 is 1. The van der Waals surface area contributed by atoms with Gasteiger partial charge in [0.25, 0.3) is 0 Å². The summed E-state index contributed by atoms with van der Waals surface area (Å²) in [7, 11) is 1.20. The van der Waals surface area contributed by atoms with Crippen molar-refractivity contribution in [3.8, 4) is 0 Å². The van der Waals surface area contributed by atoms with Crippen LogP contribution >= 0.6 is 0 Å². The Labute approximate surface area is 149 Å². The van der Waals surface area contributed by atoms with Crippen LogP contribution in [0.15, 0.2) is 30.3 Å². The number of esters is 2. The van der Waals surface area contributed by atoms with Crippen LogP contribution in [0.5, 0.6) is 0 Å². The van der Waals surface area contributed by atoms with E-state index in [4.69, 9.17) is 19.9 Å². The quantitative estimate of drug-likeness (QED) is 0.572. The number of rotatable bonds is 8.